The Bertz CT molecular complexity index is 542. The van der Waals surface area contributed by atoms with Crippen molar-refractivity contribution >= 4 is 10.0 Å². The van der Waals surface area contributed by atoms with Crippen LogP contribution in [0.2, 0.25) is 0 Å². The van der Waals surface area contributed by atoms with Gasteiger partial charge in [-0.3, -0.25) is 0 Å². The van der Waals surface area contributed by atoms with Crippen LogP contribution in [-0.4, -0.2) is 46.1 Å². The number of likely N-dealkylation sites (N-methyl/N-ethyl adjacent to an activating group) is 1. The summed E-state index contributed by atoms with van der Waals surface area (Å²) >= 11 is 0. The maximum absolute atomic E-state index is 12.3. The number of rotatable bonds is 5. The smallest absolute Gasteiger partial charge is 0.240 e. The molecule has 1 saturated heterocycles. The Morgan fingerprint density at radius 3 is 2.45 bits per heavy atom. The van der Waals surface area contributed by atoms with E-state index >= 15 is 0 Å². The second-order valence-corrected chi connectivity index (χ2v) is 7.04. The predicted molar refractivity (Wildman–Crippen MR) is 78.4 cm³/mol. The van der Waals surface area contributed by atoms with Crippen molar-refractivity contribution < 1.29 is 13.2 Å². The van der Waals surface area contributed by atoms with Gasteiger partial charge >= 0.3 is 0 Å². The highest BCUT2D eigenvalue weighted by Crippen LogP contribution is 2.19. The third kappa shape index (κ3) is 3.50. The number of sulfonamides is 1. The number of hydrogen-bond acceptors (Lipinski definition) is 4. The van der Waals surface area contributed by atoms with Crippen molar-refractivity contribution in [1.29, 1.82) is 0 Å². The van der Waals surface area contributed by atoms with Gasteiger partial charge in [0.1, 0.15) is 5.75 Å². The highest BCUT2D eigenvalue weighted by Gasteiger charge is 2.31. The van der Waals surface area contributed by atoms with Gasteiger partial charge in [-0.15, -0.1) is 0 Å². The molecule has 1 heterocycles. The van der Waals surface area contributed by atoms with Crippen LogP contribution in [0, 0.1) is 5.92 Å². The molecule has 1 aliphatic rings. The molecule has 5 nitrogen and oxygen atoms in total. The lowest BCUT2D eigenvalue weighted by Gasteiger charge is -2.16. The van der Waals surface area contributed by atoms with Crippen molar-refractivity contribution in [2.24, 2.45) is 5.92 Å². The van der Waals surface area contributed by atoms with Crippen LogP contribution in [0.1, 0.15) is 13.8 Å². The van der Waals surface area contributed by atoms with Crippen molar-refractivity contribution in [2.75, 3.05) is 26.7 Å². The molecule has 1 N–H and O–H groups in total. The van der Waals surface area contributed by atoms with E-state index in [1.807, 2.05) is 14.0 Å². The summed E-state index contributed by atoms with van der Waals surface area (Å²) in [5.41, 5.74) is 0. The first-order valence-corrected chi connectivity index (χ1v) is 8.34. The molecule has 1 fully saturated rings. The van der Waals surface area contributed by atoms with E-state index in [-0.39, 0.29) is 10.9 Å². The zero-order chi connectivity index (χ0) is 14.8. The van der Waals surface area contributed by atoms with Crippen LogP contribution in [0.5, 0.6) is 5.75 Å². The molecular weight excluding hydrogens is 276 g/mol. The molecule has 0 bridgehead atoms. The molecule has 1 aliphatic heterocycles. The van der Waals surface area contributed by atoms with Crippen LogP contribution in [0.4, 0.5) is 0 Å². The van der Waals surface area contributed by atoms with Crippen LogP contribution in [-0.2, 0) is 10.0 Å². The minimum Gasteiger partial charge on any atom is -0.494 e. The number of likely N-dealkylation sites (tertiary alicyclic amines) is 1. The van der Waals surface area contributed by atoms with Gasteiger partial charge in [0.2, 0.25) is 10.0 Å². The zero-order valence-electron chi connectivity index (χ0n) is 12.2. The summed E-state index contributed by atoms with van der Waals surface area (Å²) < 4.78 is 32.8. The molecule has 0 spiro atoms. The molecule has 112 valence electrons. The molecule has 6 heteroatoms. The summed E-state index contributed by atoms with van der Waals surface area (Å²) in [5.74, 6) is 0.998. The zero-order valence-corrected chi connectivity index (χ0v) is 13.0. The Balaban J connectivity index is 2.10. The predicted octanol–water partition coefficient (Wildman–Crippen LogP) is 1.31. The molecule has 0 radical (unpaired) electrons. The average Bonchev–Trinajstić information content (AvgIpc) is 2.68. The highest BCUT2D eigenvalue weighted by atomic mass is 32.2. The van der Waals surface area contributed by atoms with Crippen LogP contribution >= 0.6 is 0 Å². The first-order chi connectivity index (χ1) is 9.42. The minimum atomic E-state index is -3.46. The van der Waals surface area contributed by atoms with Gasteiger partial charge in [0, 0.05) is 19.1 Å². The SMILES string of the molecule is CCOc1ccc(S(=O)(=O)N[C@@H]2CN(C)C[C@@H]2C)cc1. The quantitative estimate of drug-likeness (QED) is 0.890. The van der Waals surface area contributed by atoms with Gasteiger partial charge in [-0.1, -0.05) is 6.92 Å². The molecule has 0 amide bonds. The molecule has 0 aromatic heterocycles. The second kappa shape index (κ2) is 6.11. The standard InChI is InChI=1S/C14H22N2O3S/c1-4-19-12-5-7-13(8-6-12)20(17,18)15-14-10-16(3)9-11(14)2/h5-8,11,14-15H,4,9-10H2,1-3H3/t11-,14+/m0/s1. The van der Waals surface area contributed by atoms with Crippen LogP contribution in [0.15, 0.2) is 29.2 Å². The van der Waals surface area contributed by atoms with Gasteiger partial charge in [-0.2, -0.15) is 0 Å². The number of hydrogen-bond donors (Lipinski definition) is 1. The lowest BCUT2D eigenvalue weighted by atomic mass is 10.1. The van der Waals surface area contributed by atoms with Gasteiger partial charge in [0.15, 0.2) is 0 Å². The highest BCUT2D eigenvalue weighted by molar-refractivity contribution is 7.89. The normalized spacial score (nSPS) is 23.9. The van der Waals surface area contributed by atoms with E-state index < -0.39 is 10.0 Å². The van der Waals surface area contributed by atoms with Crippen LogP contribution in [0.25, 0.3) is 0 Å². The van der Waals surface area contributed by atoms with Crippen molar-refractivity contribution in [1.82, 2.24) is 9.62 Å². The molecule has 0 saturated carbocycles. The van der Waals surface area contributed by atoms with Crippen LogP contribution in [0.3, 0.4) is 0 Å². The van der Waals surface area contributed by atoms with Gasteiger partial charge < -0.3 is 9.64 Å². The molecule has 20 heavy (non-hydrogen) atoms. The first-order valence-electron chi connectivity index (χ1n) is 6.86. The summed E-state index contributed by atoms with van der Waals surface area (Å²) in [6.07, 6.45) is 0. The Morgan fingerprint density at radius 2 is 1.95 bits per heavy atom. The Labute approximate surface area is 121 Å². The first kappa shape index (κ1) is 15.3. The maximum Gasteiger partial charge on any atom is 0.240 e. The Kier molecular flexibility index (Phi) is 4.67. The lowest BCUT2D eigenvalue weighted by molar-refractivity contribution is 0.340. The third-order valence-corrected chi connectivity index (χ3v) is 5.05. The fourth-order valence-electron chi connectivity index (χ4n) is 2.51. The van der Waals surface area contributed by atoms with E-state index in [9.17, 15) is 8.42 Å². The fraction of sp³-hybridized carbons (Fsp3) is 0.571. The van der Waals surface area contributed by atoms with Crippen LogP contribution < -0.4 is 9.46 Å². The molecular formula is C14H22N2O3S. The summed E-state index contributed by atoms with van der Waals surface area (Å²) in [7, 11) is -1.46. The molecule has 2 atom stereocenters. The lowest BCUT2D eigenvalue weighted by Crippen LogP contribution is -2.39. The van der Waals surface area contributed by atoms with E-state index in [1.165, 1.54) is 0 Å². The summed E-state index contributed by atoms with van der Waals surface area (Å²) in [5, 5.41) is 0. The monoisotopic (exact) mass is 298 g/mol. The number of ether oxygens (including phenoxy) is 1. The summed E-state index contributed by atoms with van der Waals surface area (Å²) in [4.78, 5) is 2.42. The van der Waals surface area contributed by atoms with Gasteiger partial charge in [-0.25, -0.2) is 13.1 Å². The number of benzene rings is 1. The van der Waals surface area contributed by atoms with E-state index in [2.05, 4.69) is 16.5 Å². The van der Waals surface area contributed by atoms with E-state index in [0.29, 0.717) is 18.3 Å². The third-order valence-electron chi connectivity index (χ3n) is 3.55. The number of nitrogens with one attached hydrogen (secondary N) is 1. The van der Waals surface area contributed by atoms with Crippen molar-refractivity contribution in [3.05, 3.63) is 24.3 Å². The Morgan fingerprint density at radius 1 is 1.30 bits per heavy atom. The molecule has 0 unspecified atom stereocenters. The molecule has 1 aromatic carbocycles. The van der Waals surface area contributed by atoms with Gasteiger partial charge in [0.25, 0.3) is 0 Å². The topological polar surface area (TPSA) is 58.6 Å². The van der Waals surface area contributed by atoms with E-state index in [4.69, 9.17) is 4.74 Å². The van der Waals surface area contributed by atoms with Gasteiger partial charge in [-0.05, 0) is 44.2 Å². The fourth-order valence-corrected chi connectivity index (χ4v) is 3.85. The van der Waals surface area contributed by atoms with E-state index in [1.54, 1.807) is 24.3 Å². The van der Waals surface area contributed by atoms with Crippen molar-refractivity contribution in [3.8, 4) is 5.75 Å². The van der Waals surface area contributed by atoms with Crippen molar-refractivity contribution in [2.45, 2.75) is 24.8 Å². The van der Waals surface area contributed by atoms with E-state index in [0.717, 1.165) is 13.1 Å². The maximum atomic E-state index is 12.3. The molecule has 1 aromatic rings. The van der Waals surface area contributed by atoms with Gasteiger partial charge in [0.05, 0.1) is 11.5 Å². The minimum absolute atomic E-state index is 0.0310. The average molecular weight is 298 g/mol. The van der Waals surface area contributed by atoms with Crippen molar-refractivity contribution in [3.63, 3.8) is 0 Å². The summed E-state index contributed by atoms with van der Waals surface area (Å²) in [6.45, 7) is 6.18. The number of nitrogens with zero attached hydrogens (tertiary/aromatic N) is 1. The largest absolute Gasteiger partial charge is 0.494 e. The molecule has 0 aliphatic carbocycles. The molecule has 2 rings (SSSR count). The summed E-state index contributed by atoms with van der Waals surface area (Å²) in [6, 6.07) is 6.49. The Hall–Kier alpha value is -1.11. The second-order valence-electron chi connectivity index (χ2n) is 5.33.